The summed E-state index contributed by atoms with van der Waals surface area (Å²) in [5.41, 5.74) is 2.52. The van der Waals surface area contributed by atoms with Gasteiger partial charge in [0.2, 0.25) is 5.78 Å². The summed E-state index contributed by atoms with van der Waals surface area (Å²) in [6, 6.07) is 15.2. The largest absolute Gasteiger partial charge is 0.485 e. The number of hydrogen-bond donors (Lipinski definition) is 0. The minimum absolute atomic E-state index is 0.148. The Labute approximate surface area is 202 Å². The smallest absolute Gasteiger partial charge is 0.231 e. The first-order valence-electron chi connectivity index (χ1n) is 10.0. The first-order chi connectivity index (χ1) is 16.0. The molecule has 166 valence electrons. The molecule has 0 N–H and O–H groups in total. The maximum Gasteiger partial charge on any atom is 0.231 e. The molecular formula is C25H16BrClO6. The lowest BCUT2D eigenvalue weighted by molar-refractivity contribution is -0.0165. The Morgan fingerprint density at radius 1 is 1.12 bits per heavy atom. The molecule has 0 aliphatic carbocycles. The van der Waals surface area contributed by atoms with Crippen LogP contribution in [0.3, 0.4) is 0 Å². The minimum atomic E-state index is -0.241. The van der Waals surface area contributed by atoms with Gasteiger partial charge < -0.3 is 18.9 Å². The number of rotatable bonds is 5. The molecule has 2 heterocycles. The SMILES string of the molecule is O=C(COc1ccc2c(c1)O/C(=C\c1cc(Br)cc3c1OCOC3)C2=O)c1ccc(Cl)cc1. The van der Waals surface area contributed by atoms with Gasteiger partial charge in [-0.3, -0.25) is 9.59 Å². The number of fused-ring (bicyclic) bond motifs is 2. The molecule has 0 aromatic heterocycles. The van der Waals surface area contributed by atoms with Crippen molar-refractivity contribution in [3.05, 3.63) is 92.1 Å². The Morgan fingerprint density at radius 2 is 1.94 bits per heavy atom. The summed E-state index contributed by atoms with van der Waals surface area (Å²) in [6.45, 7) is 0.422. The predicted octanol–water partition coefficient (Wildman–Crippen LogP) is 5.85. The van der Waals surface area contributed by atoms with Crippen LogP contribution in [-0.2, 0) is 11.3 Å². The number of carbonyl (C=O) groups is 2. The first-order valence-corrected chi connectivity index (χ1v) is 11.2. The Kier molecular flexibility index (Phi) is 5.93. The lowest BCUT2D eigenvalue weighted by Crippen LogP contribution is -2.12. The van der Waals surface area contributed by atoms with Gasteiger partial charge in [0.25, 0.3) is 0 Å². The van der Waals surface area contributed by atoms with Crippen LogP contribution in [-0.4, -0.2) is 25.0 Å². The van der Waals surface area contributed by atoms with Crippen molar-refractivity contribution in [3.63, 3.8) is 0 Å². The van der Waals surface area contributed by atoms with Gasteiger partial charge in [0.05, 0.1) is 12.2 Å². The number of hydrogen-bond acceptors (Lipinski definition) is 6. The third-order valence-corrected chi connectivity index (χ3v) is 5.88. The number of ether oxygens (including phenoxy) is 4. The second-order valence-electron chi connectivity index (χ2n) is 7.41. The minimum Gasteiger partial charge on any atom is -0.485 e. The van der Waals surface area contributed by atoms with Gasteiger partial charge in [-0.1, -0.05) is 27.5 Å². The molecule has 8 heteroatoms. The number of halogens is 2. The van der Waals surface area contributed by atoms with Crippen LogP contribution in [0.1, 0.15) is 31.8 Å². The third kappa shape index (κ3) is 4.53. The molecule has 33 heavy (non-hydrogen) atoms. The second kappa shape index (κ2) is 9.02. The van der Waals surface area contributed by atoms with Crippen molar-refractivity contribution in [2.24, 2.45) is 0 Å². The highest BCUT2D eigenvalue weighted by Gasteiger charge is 2.29. The second-order valence-corrected chi connectivity index (χ2v) is 8.76. The van der Waals surface area contributed by atoms with E-state index < -0.39 is 0 Å². The summed E-state index contributed by atoms with van der Waals surface area (Å²) in [5.74, 6) is 1.20. The van der Waals surface area contributed by atoms with Gasteiger partial charge in [-0.25, -0.2) is 0 Å². The van der Waals surface area contributed by atoms with E-state index in [0.29, 0.717) is 45.6 Å². The molecule has 2 aliphatic rings. The molecular weight excluding hydrogens is 512 g/mol. The van der Waals surface area contributed by atoms with Crippen LogP contribution < -0.4 is 14.2 Å². The van der Waals surface area contributed by atoms with Crippen molar-refractivity contribution in [1.82, 2.24) is 0 Å². The summed E-state index contributed by atoms with van der Waals surface area (Å²) in [4.78, 5) is 25.2. The molecule has 2 aliphatic heterocycles. The van der Waals surface area contributed by atoms with Gasteiger partial charge in [-0.2, -0.15) is 0 Å². The molecule has 0 saturated carbocycles. The highest BCUT2D eigenvalue weighted by molar-refractivity contribution is 9.10. The zero-order valence-corrected chi connectivity index (χ0v) is 19.4. The maximum absolute atomic E-state index is 12.9. The molecule has 6 nitrogen and oxygen atoms in total. The van der Waals surface area contributed by atoms with Gasteiger partial charge in [0.15, 0.2) is 24.9 Å². The molecule has 0 amide bonds. The summed E-state index contributed by atoms with van der Waals surface area (Å²) < 4.78 is 23.3. The van der Waals surface area contributed by atoms with Crippen LogP contribution in [0, 0.1) is 0 Å². The standard InChI is InChI=1S/C25H16BrClO6/c26-17-7-15(25-16(8-17)11-30-13-32-25)9-23-24(29)20-6-5-19(10-22(20)33-23)31-12-21(28)14-1-3-18(27)4-2-14/h1-10H,11-13H2/b23-9-. The van der Waals surface area contributed by atoms with E-state index >= 15 is 0 Å². The van der Waals surface area contributed by atoms with Crippen molar-refractivity contribution in [3.8, 4) is 17.2 Å². The van der Waals surface area contributed by atoms with Gasteiger partial charge in [-0.15, -0.1) is 0 Å². The molecule has 0 bridgehead atoms. The predicted molar refractivity (Wildman–Crippen MR) is 125 cm³/mol. The van der Waals surface area contributed by atoms with E-state index in [2.05, 4.69) is 15.9 Å². The van der Waals surface area contributed by atoms with E-state index in [-0.39, 0.29) is 30.7 Å². The topological polar surface area (TPSA) is 71.1 Å². The van der Waals surface area contributed by atoms with Crippen molar-refractivity contribution in [1.29, 1.82) is 0 Å². The summed E-state index contributed by atoms with van der Waals surface area (Å²) in [5, 5.41) is 0.556. The molecule has 0 atom stereocenters. The van der Waals surface area contributed by atoms with Gasteiger partial charge in [0, 0.05) is 32.3 Å². The van der Waals surface area contributed by atoms with Crippen LogP contribution >= 0.6 is 27.5 Å². The quantitative estimate of drug-likeness (QED) is 0.306. The highest BCUT2D eigenvalue weighted by atomic mass is 79.9. The van der Waals surface area contributed by atoms with E-state index in [4.69, 9.17) is 30.5 Å². The van der Waals surface area contributed by atoms with Crippen LogP contribution in [0.25, 0.3) is 6.08 Å². The average molecular weight is 528 g/mol. The Bertz CT molecular complexity index is 1300. The number of ketones is 2. The fourth-order valence-corrected chi connectivity index (χ4v) is 4.23. The molecule has 0 unspecified atom stereocenters. The third-order valence-electron chi connectivity index (χ3n) is 5.17. The van der Waals surface area contributed by atoms with Crippen LogP contribution in [0.2, 0.25) is 5.02 Å². The Balaban J connectivity index is 1.34. The zero-order valence-electron chi connectivity index (χ0n) is 17.1. The van der Waals surface area contributed by atoms with Crippen molar-refractivity contribution in [2.75, 3.05) is 13.4 Å². The maximum atomic E-state index is 12.9. The van der Waals surface area contributed by atoms with E-state index in [1.165, 1.54) is 0 Å². The molecule has 3 aromatic carbocycles. The number of benzene rings is 3. The van der Waals surface area contributed by atoms with Gasteiger partial charge in [-0.05, 0) is 54.6 Å². The fraction of sp³-hybridized carbons (Fsp3) is 0.120. The molecule has 0 radical (unpaired) electrons. The molecule has 0 fully saturated rings. The Morgan fingerprint density at radius 3 is 2.76 bits per heavy atom. The van der Waals surface area contributed by atoms with E-state index in [9.17, 15) is 9.59 Å². The van der Waals surface area contributed by atoms with Gasteiger partial charge >= 0.3 is 0 Å². The van der Waals surface area contributed by atoms with E-state index in [1.807, 2.05) is 12.1 Å². The van der Waals surface area contributed by atoms with Crippen LogP contribution in [0.15, 0.2) is 64.8 Å². The van der Waals surface area contributed by atoms with E-state index in [1.54, 1.807) is 48.5 Å². The number of allylic oxidation sites excluding steroid dienone is 1. The first kappa shape index (κ1) is 21.7. The van der Waals surface area contributed by atoms with Crippen LogP contribution in [0.5, 0.6) is 17.2 Å². The Hall–Kier alpha value is -3.13. The average Bonchev–Trinajstić information content (AvgIpc) is 3.12. The number of Topliss-reactive ketones (excluding diaryl/α,β-unsaturated/α-hetero) is 2. The molecule has 5 rings (SSSR count). The lowest BCUT2D eigenvalue weighted by atomic mass is 10.1. The van der Waals surface area contributed by atoms with E-state index in [0.717, 1.165) is 10.0 Å². The van der Waals surface area contributed by atoms with Crippen LogP contribution in [0.4, 0.5) is 0 Å². The lowest BCUT2D eigenvalue weighted by Gasteiger charge is -2.20. The summed E-state index contributed by atoms with van der Waals surface area (Å²) in [7, 11) is 0. The summed E-state index contributed by atoms with van der Waals surface area (Å²) in [6.07, 6.45) is 1.65. The molecule has 0 spiro atoms. The highest BCUT2D eigenvalue weighted by Crippen LogP contribution is 2.38. The monoisotopic (exact) mass is 526 g/mol. The van der Waals surface area contributed by atoms with Crippen molar-refractivity contribution >= 4 is 45.2 Å². The number of carbonyl (C=O) groups excluding carboxylic acids is 2. The van der Waals surface area contributed by atoms with Crippen molar-refractivity contribution < 1.29 is 28.5 Å². The molecule has 3 aromatic rings. The van der Waals surface area contributed by atoms with Crippen molar-refractivity contribution in [2.45, 2.75) is 6.61 Å². The van der Waals surface area contributed by atoms with Gasteiger partial charge in [0.1, 0.15) is 17.2 Å². The molecule has 0 saturated heterocycles. The fourth-order valence-electron chi connectivity index (χ4n) is 3.58. The zero-order chi connectivity index (χ0) is 22.9. The summed E-state index contributed by atoms with van der Waals surface area (Å²) >= 11 is 9.33. The normalized spacial score (nSPS) is 15.5.